The lowest BCUT2D eigenvalue weighted by Gasteiger charge is -2.08. The molecular formula is C18H15NO3. The number of carbonyl (C=O) groups excluding carboxylic acids is 1. The highest BCUT2D eigenvalue weighted by atomic mass is 16.5. The molecule has 0 radical (unpaired) electrons. The van der Waals surface area contributed by atoms with Gasteiger partial charge in [0, 0.05) is 12.3 Å². The Balaban J connectivity index is 1.91. The summed E-state index contributed by atoms with van der Waals surface area (Å²) in [5.74, 6) is -0.505. The van der Waals surface area contributed by atoms with Crippen LogP contribution in [-0.4, -0.2) is 17.6 Å². The second-order valence-corrected chi connectivity index (χ2v) is 5.05. The zero-order chi connectivity index (χ0) is 15.5. The molecule has 0 amide bonds. The predicted molar refractivity (Wildman–Crippen MR) is 85.1 cm³/mol. The third-order valence-corrected chi connectivity index (χ3v) is 3.58. The van der Waals surface area contributed by atoms with E-state index in [0.29, 0.717) is 6.54 Å². The summed E-state index contributed by atoms with van der Waals surface area (Å²) in [7, 11) is 1.29. The smallest absolute Gasteiger partial charge is 0.338 e. The number of fused-ring (bicyclic) bond motifs is 1. The standard InChI is InChI=1S/C18H15NO3/c1-22-18(21)16-8-9-19(17(20)11-16)12-13-6-7-14-4-2-3-5-15(14)10-13/h2-11H,12H2,1H3. The summed E-state index contributed by atoms with van der Waals surface area (Å²) in [5.41, 5.74) is 1.07. The third kappa shape index (κ3) is 2.76. The van der Waals surface area contributed by atoms with Gasteiger partial charge in [0.15, 0.2) is 0 Å². The number of rotatable bonds is 3. The molecule has 3 aromatic rings. The fraction of sp³-hybridized carbons (Fsp3) is 0.111. The van der Waals surface area contributed by atoms with Gasteiger partial charge in [0.2, 0.25) is 0 Å². The number of nitrogens with zero attached hydrogens (tertiary/aromatic N) is 1. The van der Waals surface area contributed by atoms with Crippen molar-refractivity contribution in [2.45, 2.75) is 6.54 Å². The van der Waals surface area contributed by atoms with Gasteiger partial charge in [-0.15, -0.1) is 0 Å². The van der Waals surface area contributed by atoms with Crippen LogP contribution in [0.15, 0.2) is 65.6 Å². The number of methoxy groups -OCH3 is 1. The first-order chi connectivity index (χ1) is 10.7. The maximum atomic E-state index is 12.1. The summed E-state index contributed by atoms with van der Waals surface area (Å²) in [6, 6.07) is 17.1. The molecule has 1 aromatic heterocycles. The molecule has 3 rings (SSSR count). The minimum absolute atomic E-state index is 0.226. The quantitative estimate of drug-likeness (QED) is 0.698. The van der Waals surface area contributed by atoms with E-state index in [2.05, 4.69) is 16.9 Å². The lowest BCUT2D eigenvalue weighted by Crippen LogP contribution is -2.21. The number of pyridine rings is 1. The Labute approximate surface area is 127 Å². The van der Waals surface area contributed by atoms with Gasteiger partial charge in [0.05, 0.1) is 19.2 Å². The van der Waals surface area contributed by atoms with Gasteiger partial charge < -0.3 is 9.30 Å². The molecule has 0 N–H and O–H groups in total. The number of carbonyl (C=O) groups is 1. The van der Waals surface area contributed by atoms with E-state index in [9.17, 15) is 9.59 Å². The van der Waals surface area contributed by atoms with Crippen LogP contribution >= 0.6 is 0 Å². The molecule has 4 heteroatoms. The Morgan fingerprint density at radius 3 is 2.55 bits per heavy atom. The third-order valence-electron chi connectivity index (χ3n) is 3.58. The van der Waals surface area contributed by atoms with Crippen molar-refractivity contribution in [1.29, 1.82) is 0 Å². The first-order valence-corrected chi connectivity index (χ1v) is 6.94. The van der Waals surface area contributed by atoms with Crippen LogP contribution in [0.2, 0.25) is 0 Å². The van der Waals surface area contributed by atoms with Gasteiger partial charge in [-0.05, 0) is 28.5 Å². The molecule has 110 valence electrons. The van der Waals surface area contributed by atoms with Crippen molar-refractivity contribution in [2.24, 2.45) is 0 Å². The van der Waals surface area contributed by atoms with Crippen LogP contribution in [0, 0.1) is 0 Å². The van der Waals surface area contributed by atoms with Crippen molar-refractivity contribution in [3.05, 3.63) is 82.3 Å². The number of hydrogen-bond donors (Lipinski definition) is 0. The summed E-state index contributed by atoms with van der Waals surface area (Å²) in [4.78, 5) is 23.5. The molecule has 0 saturated heterocycles. The van der Waals surface area contributed by atoms with Crippen LogP contribution in [0.4, 0.5) is 0 Å². The maximum absolute atomic E-state index is 12.1. The Kier molecular flexibility index (Phi) is 3.74. The molecule has 0 unspecified atom stereocenters. The van der Waals surface area contributed by atoms with Gasteiger partial charge in [-0.3, -0.25) is 4.79 Å². The monoisotopic (exact) mass is 293 g/mol. The highest BCUT2D eigenvalue weighted by molar-refractivity contribution is 5.89. The molecule has 0 aliphatic rings. The number of ether oxygens (including phenoxy) is 1. The zero-order valence-corrected chi connectivity index (χ0v) is 12.2. The molecule has 0 atom stereocenters. The lowest BCUT2D eigenvalue weighted by atomic mass is 10.1. The Hall–Kier alpha value is -2.88. The number of benzene rings is 2. The number of esters is 1. The predicted octanol–water partition coefficient (Wildman–Crippen LogP) is 2.84. The summed E-state index contributed by atoms with van der Waals surface area (Å²) in [5, 5.41) is 2.30. The summed E-state index contributed by atoms with van der Waals surface area (Å²) in [6.07, 6.45) is 1.61. The van der Waals surface area contributed by atoms with Gasteiger partial charge >= 0.3 is 5.97 Å². The molecule has 0 saturated carbocycles. The van der Waals surface area contributed by atoms with Gasteiger partial charge in [-0.2, -0.15) is 0 Å². The van der Waals surface area contributed by atoms with Crippen LogP contribution in [0.3, 0.4) is 0 Å². The average Bonchev–Trinajstić information content (AvgIpc) is 2.56. The molecule has 0 spiro atoms. The van der Waals surface area contributed by atoms with E-state index < -0.39 is 5.97 Å². The Morgan fingerprint density at radius 2 is 1.82 bits per heavy atom. The average molecular weight is 293 g/mol. The highest BCUT2D eigenvalue weighted by Gasteiger charge is 2.07. The van der Waals surface area contributed by atoms with Gasteiger partial charge in [-0.1, -0.05) is 36.4 Å². The van der Waals surface area contributed by atoms with Crippen LogP contribution in [0.1, 0.15) is 15.9 Å². The second kappa shape index (κ2) is 5.85. The first kappa shape index (κ1) is 14.1. The van der Waals surface area contributed by atoms with E-state index in [1.165, 1.54) is 18.6 Å². The Morgan fingerprint density at radius 1 is 1.05 bits per heavy atom. The zero-order valence-electron chi connectivity index (χ0n) is 12.2. The molecule has 4 nitrogen and oxygen atoms in total. The van der Waals surface area contributed by atoms with E-state index in [1.807, 2.05) is 30.3 Å². The molecule has 0 aliphatic heterocycles. The minimum atomic E-state index is -0.505. The first-order valence-electron chi connectivity index (χ1n) is 6.94. The fourth-order valence-electron chi connectivity index (χ4n) is 2.42. The normalized spacial score (nSPS) is 10.6. The Bertz CT molecular complexity index is 896. The van der Waals surface area contributed by atoms with Crippen molar-refractivity contribution >= 4 is 16.7 Å². The van der Waals surface area contributed by atoms with Gasteiger partial charge in [-0.25, -0.2) is 4.79 Å². The maximum Gasteiger partial charge on any atom is 0.338 e. The SMILES string of the molecule is COC(=O)c1ccn(Cc2ccc3ccccc3c2)c(=O)c1. The van der Waals surface area contributed by atoms with Crippen molar-refractivity contribution in [3.63, 3.8) is 0 Å². The van der Waals surface area contributed by atoms with Crippen LogP contribution in [0.25, 0.3) is 10.8 Å². The van der Waals surface area contributed by atoms with Crippen molar-refractivity contribution in [2.75, 3.05) is 7.11 Å². The van der Waals surface area contributed by atoms with Crippen LogP contribution in [0.5, 0.6) is 0 Å². The summed E-state index contributed by atoms with van der Waals surface area (Å²) < 4.78 is 6.18. The fourth-order valence-corrected chi connectivity index (χ4v) is 2.42. The van der Waals surface area contributed by atoms with Crippen LogP contribution in [-0.2, 0) is 11.3 Å². The van der Waals surface area contributed by atoms with Crippen molar-refractivity contribution < 1.29 is 9.53 Å². The van der Waals surface area contributed by atoms with E-state index in [4.69, 9.17) is 0 Å². The highest BCUT2D eigenvalue weighted by Crippen LogP contribution is 2.16. The molecule has 0 bridgehead atoms. The molecule has 2 aromatic carbocycles. The summed E-state index contributed by atoms with van der Waals surface area (Å²) in [6.45, 7) is 0.463. The topological polar surface area (TPSA) is 48.3 Å². The number of hydrogen-bond acceptors (Lipinski definition) is 3. The molecule has 22 heavy (non-hydrogen) atoms. The van der Waals surface area contributed by atoms with Gasteiger partial charge in [0.25, 0.3) is 5.56 Å². The van der Waals surface area contributed by atoms with Gasteiger partial charge in [0.1, 0.15) is 0 Å². The van der Waals surface area contributed by atoms with Crippen LogP contribution < -0.4 is 5.56 Å². The van der Waals surface area contributed by atoms with Crippen molar-refractivity contribution in [3.8, 4) is 0 Å². The van der Waals surface area contributed by atoms with Crippen molar-refractivity contribution in [1.82, 2.24) is 4.57 Å². The molecule has 1 heterocycles. The van der Waals surface area contributed by atoms with E-state index >= 15 is 0 Å². The largest absolute Gasteiger partial charge is 0.465 e. The minimum Gasteiger partial charge on any atom is -0.465 e. The second-order valence-electron chi connectivity index (χ2n) is 5.05. The number of aromatic nitrogens is 1. The summed E-state index contributed by atoms with van der Waals surface area (Å²) >= 11 is 0. The lowest BCUT2D eigenvalue weighted by molar-refractivity contribution is 0.0600. The van der Waals surface area contributed by atoms with E-state index in [0.717, 1.165) is 10.9 Å². The molecule has 0 aliphatic carbocycles. The molecular weight excluding hydrogens is 278 g/mol. The molecule has 0 fully saturated rings. The van der Waals surface area contributed by atoms with E-state index in [1.54, 1.807) is 16.8 Å². The van der Waals surface area contributed by atoms with E-state index in [-0.39, 0.29) is 11.1 Å².